The number of hydrogen-bond donors (Lipinski definition) is 2. The van der Waals surface area contributed by atoms with Gasteiger partial charge in [0, 0.05) is 5.56 Å². The van der Waals surface area contributed by atoms with Crippen LogP contribution in [0.4, 0.5) is 5.00 Å². The Morgan fingerprint density at radius 3 is 2.04 bits per heavy atom. The first-order chi connectivity index (χ1) is 11.1. The van der Waals surface area contributed by atoms with Crippen LogP contribution in [-0.2, 0) is 0 Å². The molecule has 0 fully saturated rings. The fourth-order valence-electron chi connectivity index (χ4n) is 1.98. The van der Waals surface area contributed by atoms with E-state index in [0.717, 1.165) is 26.8 Å². The predicted molar refractivity (Wildman–Crippen MR) is 103 cm³/mol. The lowest BCUT2D eigenvalue weighted by Crippen LogP contribution is -2.06. The highest BCUT2D eigenvalue weighted by Gasteiger charge is 2.06. The zero-order valence-electron chi connectivity index (χ0n) is 13.2. The van der Waals surface area contributed by atoms with Gasteiger partial charge in [-0.2, -0.15) is 5.26 Å². The van der Waals surface area contributed by atoms with Crippen LogP contribution >= 0.6 is 23.7 Å². The van der Waals surface area contributed by atoms with Crippen LogP contribution in [0.2, 0.25) is 0 Å². The number of aryl methyl sites for hydroxylation is 1. The summed E-state index contributed by atoms with van der Waals surface area (Å²) >= 11 is 1.53. The van der Waals surface area contributed by atoms with Gasteiger partial charge in [0.05, 0.1) is 11.1 Å². The van der Waals surface area contributed by atoms with E-state index in [-0.39, 0.29) is 12.4 Å². The van der Waals surface area contributed by atoms with Crippen LogP contribution in [0, 0.1) is 18.3 Å². The molecule has 4 N–H and O–H groups in total. The fraction of sp³-hybridized carbons (Fsp3) is 0.111. The van der Waals surface area contributed by atoms with Crippen molar-refractivity contribution < 1.29 is 0 Å². The highest BCUT2D eigenvalue weighted by Crippen LogP contribution is 2.29. The van der Waals surface area contributed by atoms with Crippen LogP contribution in [-0.4, -0.2) is 4.98 Å². The van der Waals surface area contributed by atoms with Gasteiger partial charge in [-0.05, 0) is 12.5 Å². The van der Waals surface area contributed by atoms with Crippen LogP contribution in [0.1, 0.15) is 16.6 Å². The topological polar surface area (TPSA) is 88.7 Å². The van der Waals surface area contributed by atoms with Crippen molar-refractivity contribution in [3.8, 4) is 17.3 Å². The van der Waals surface area contributed by atoms with Crippen LogP contribution in [0.3, 0.4) is 0 Å². The number of anilines is 1. The Hall–Kier alpha value is -2.39. The van der Waals surface area contributed by atoms with E-state index in [4.69, 9.17) is 16.7 Å². The van der Waals surface area contributed by atoms with Crippen molar-refractivity contribution in [3.05, 3.63) is 71.2 Å². The molecule has 0 aliphatic heterocycles. The molecule has 0 bridgehead atoms. The minimum atomic E-state index is -0.485. The molecule has 1 aromatic heterocycles. The zero-order chi connectivity index (χ0) is 16.7. The molecule has 1 atom stereocenters. The van der Waals surface area contributed by atoms with Gasteiger partial charge in [-0.1, -0.05) is 60.7 Å². The van der Waals surface area contributed by atoms with E-state index < -0.39 is 6.04 Å². The first-order valence-electron chi connectivity index (χ1n) is 7.10. The number of thiazole rings is 1. The number of nitriles is 1. The molecule has 24 heavy (non-hydrogen) atoms. The van der Waals surface area contributed by atoms with Gasteiger partial charge in [-0.3, -0.25) is 0 Å². The third-order valence-electron chi connectivity index (χ3n) is 3.11. The van der Waals surface area contributed by atoms with Crippen molar-refractivity contribution in [1.29, 1.82) is 5.26 Å². The number of nitrogens with zero attached hydrogens (tertiary/aromatic N) is 2. The summed E-state index contributed by atoms with van der Waals surface area (Å²) in [5.41, 5.74) is 14.1. The van der Waals surface area contributed by atoms with Crippen molar-refractivity contribution in [1.82, 2.24) is 4.98 Å². The maximum absolute atomic E-state index is 8.41. The number of nitrogen functional groups attached to an aromatic ring is 1. The van der Waals surface area contributed by atoms with Gasteiger partial charge < -0.3 is 11.5 Å². The maximum atomic E-state index is 8.41. The molecule has 0 aliphatic carbocycles. The van der Waals surface area contributed by atoms with Crippen molar-refractivity contribution in [3.63, 3.8) is 0 Å². The molecule has 124 valence electrons. The van der Waals surface area contributed by atoms with E-state index in [1.807, 2.05) is 73.7 Å². The van der Waals surface area contributed by atoms with Crippen LogP contribution in [0.5, 0.6) is 0 Å². The Morgan fingerprint density at radius 2 is 1.58 bits per heavy atom. The summed E-state index contributed by atoms with van der Waals surface area (Å²) in [6.07, 6.45) is 0. The molecule has 3 rings (SSSR count). The van der Waals surface area contributed by atoms with E-state index in [1.165, 1.54) is 11.3 Å². The van der Waals surface area contributed by atoms with Crippen LogP contribution in [0.15, 0.2) is 60.7 Å². The maximum Gasteiger partial charge on any atom is 0.118 e. The molecule has 0 aliphatic rings. The van der Waals surface area contributed by atoms with Gasteiger partial charge in [0.15, 0.2) is 0 Å². The van der Waals surface area contributed by atoms with Gasteiger partial charge in [-0.15, -0.1) is 23.7 Å². The van der Waals surface area contributed by atoms with Gasteiger partial charge in [0.25, 0.3) is 0 Å². The Bertz CT molecular complexity index is 782. The van der Waals surface area contributed by atoms with Crippen LogP contribution in [0.25, 0.3) is 11.3 Å². The average Bonchev–Trinajstić information content (AvgIpc) is 2.94. The molecule has 1 heterocycles. The highest BCUT2D eigenvalue weighted by molar-refractivity contribution is 7.16. The fourth-order valence-corrected chi connectivity index (χ4v) is 2.70. The van der Waals surface area contributed by atoms with E-state index >= 15 is 0 Å². The molecule has 0 spiro atoms. The van der Waals surface area contributed by atoms with Crippen molar-refractivity contribution in [2.45, 2.75) is 13.0 Å². The van der Waals surface area contributed by atoms with Gasteiger partial charge in [0.1, 0.15) is 16.7 Å². The number of nitrogens with two attached hydrogens (primary N) is 2. The molecular formula is C18H19ClN4S. The summed E-state index contributed by atoms with van der Waals surface area (Å²) in [6.45, 7) is 1.97. The summed E-state index contributed by atoms with van der Waals surface area (Å²) in [7, 11) is 0. The Morgan fingerprint density at radius 1 is 1.04 bits per heavy atom. The second kappa shape index (κ2) is 9.68. The Kier molecular flexibility index (Phi) is 7.93. The summed E-state index contributed by atoms with van der Waals surface area (Å²) in [6, 6.07) is 20.8. The lowest BCUT2D eigenvalue weighted by atomic mass is 10.1. The standard InChI is InChI=1S/C10H10N2S.C8H8N2.ClH/c1-7-12-9(10(11)13-7)8-5-3-2-4-6-8;9-6-8(10)7-4-2-1-3-5-7;/h2-6H,11H2,1H3;1-5,8H,10H2;1H. The van der Waals surface area contributed by atoms with Crippen LogP contribution < -0.4 is 11.5 Å². The van der Waals surface area contributed by atoms with Gasteiger partial charge in [-0.25, -0.2) is 4.98 Å². The van der Waals surface area contributed by atoms with Crippen molar-refractivity contribution in [2.75, 3.05) is 5.73 Å². The summed E-state index contributed by atoms with van der Waals surface area (Å²) < 4.78 is 0. The lowest BCUT2D eigenvalue weighted by molar-refractivity contribution is 0.926. The minimum Gasteiger partial charge on any atom is -0.389 e. The Labute approximate surface area is 152 Å². The average molecular weight is 359 g/mol. The van der Waals surface area contributed by atoms with E-state index in [0.29, 0.717) is 0 Å². The Balaban J connectivity index is 0.000000238. The van der Waals surface area contributed by atoms with E-state index in [9.17, 15) is 0 Å². The zero-order valence-corrected chi connectivity index (χ0v) is 14.8. The SMILES string of the molecule is Cc1nc(-c2ccccc2)c(N)s1.Cl.N#CC(N)c1ccccc1. The van der Waals surface area contributed by atoms with Crippen molar-refractivity contribution in [2.24, 2.45) is 5.73 Å². The van der Waals surface area contributed by atoms with Gasteiger partial charge >= 0.3 is 0 Å². The summed E-state index contributed by atoms with van der Waals surface area (Å²) in [4.78, 5) is 4.37. The lowest BCUT2D eigenvalue weighted by Gasteiger charge is -1.99. The van der Waals surface area contributed by atoms with E-state index in [1.54, 1.807) is 0 Å². The third kappa shape index (κ3) is 5.36. The number of halogens is 1. The van der Waals surface area contributed by atoms with Gasteiger partial charge in [0.2, 0.25) is 0 Å². The molecule has 0 amide bonds. The molecule has 2 aromatic carbocycles. The highest BCUT2D eigenvalue weighted by atomic mass is 35.5. The predicted octanol–water partition coefficient (Wildman–Crippen LogP) is 4.33. The molecular weight excluding hydrogens is 340 g/mol. The second-order valence-electron chi connectivity index (χ2n) is 4.83. The molecule has 0 saturated carbocycles. The first kappa shape index (κ1) is 19.7. The second-order valence-corrected chi connectivity index (χ2v) is 6.06. The normalized spacial score (nSPS) is 10.5. The monoisotopic (exact) mass is 358 g/mol. The summed E-state index contributed by atoms with van der Waals surface area (Å²) in [5, 5.41) is 10.2. The first-order valence-corrected chi connectivity index (χ1v) is 7.92. The molecule has 3 aromatic rings. The molecule has 4 nitrogen and oxygen atoms in total. The summed E-state index contributed by atoms with van der Waals surface area (Å²) in [5.74, 6) is 0. The number of benzene rings is 2. The van der Waals surface area contributed by atoms with E-state index in [2.05, 4.69) is 4.98 Å². The molecule has 6 heteroatoms. The minimum absolute atomic E-state index is 0. The number of hydrogen-bond acceptors (Lipinski definition) is 5. The van der Waals surface area contributed by atoms with Crippen molar-refractivity contribution >= 4 is 28.7 Å². The third-order valence-corrected chi connectivity index (χ3v) is 3.91. The quantitative estimate of drug-likeness (QED) is 0.713. The molecule has 0 radical (unpaired) electrons. The number of rotatable bonds is 2. The molecule has 0 saturated heterocycles. The molecule has 1 unspecified atom stereocenters. The largest absolute Gasteiger partial charge is 0.389 e. The number of aromatic nitrogens is 1. The smallest absolute Gasteiger partial charge is 0.118 e.